The molecule has 1 aliphatic rings. The topological polar surface area (TPSA) is 13.1 Å². The molecule has 1 aliphatic carbocycles. The van der Waals surface area contributed by atoms with Gasteiger partial charge in [-0.15, -0.1) is 0 Å². The molecule has 1 nitrogen and oxygen atoms in total. The summed E-state index contributed by atoms with van der Waals surface area (Å²) in [5.41, 5.74) is 2.05. The van der Waals surface area contributed by atoms with Crippen LogP contribution in [0.2, 0.25) is 0 Å². The van der Waals surface area contributed by atoms with E-state index in [0.29, 0.717) is 0 Å². The van der Waals surface area contributed by atoms with E-state index in [1.165, 1.54) is 10.6 Å². The summed E-state index contributed by atoms with van der Waals surface area (Å²) in [5.74, 6) is 0. The van der Waals surface area contributed by atoms with Crippen LogP contribution in [0.5, 0.6) is 0 Å². The highest BCUT2D eigenvalue weighted by molar-refractivity contribution is 5.79. The molecule has 0 spiro atoms. The monoisotopic (exact) mass is 260 g/mol. The Morgan fingerprint density at radius 3 is 2.05 bits per heavy atom. The van der Waals surface area contributed by atoms with Crippen LogP contribution in [-0.4, -0.2) is 0 Å². The summed E-state index contributed by atoms with van der Waals surface area (Å²) in [7, 11) is 0. The quantitative estimate of drug-likeness (QED) is 0.659. The van der Waals surface area contributed by atoms with E-state index < -0.39 is 0 Å². The van der Waals surface area contributed by atoms with Crippen LogP contribution in [0.25, 0.3) is 23.1 Å². The van der Waals surface area contributed by atoms with Crippen LogP contribution >= 0.6 is 0 Å². The first-order valence-electron chi connectivity index (χ1n) is 7.63. The molecule has 0 amide bonds. The van der Waals surface area contributed by atoms with Crippen molar-refractivity contribution < 1.29 is 4.42 Å². The number of benzene rings is 1. The Labute approximate surface area is 117 Å². The largest absolute Gasteiger partial charge is 0.456 e. The number of rotatable bonds is 0. The van der Waals surface area contributed by atoms with Gasteiger partial charge in [-0.25, -0.2) is 0 Å². The van der Waals surface area contributed by atoms with Gasteiger partial charge in [0, 0.05) is 10.6 Å². The first-order chi connectivity index (χ1) is 9.45. The lowest BCUT2D eigenvalue weighted by Crippen LogP contribution is -2.21. The van der Waals surface area contributed by atoms with Crippen molar-refractivity contribution in [3.63, 3.8) is 0 Å². The molecule has 0 unspecified atom stereocenters. The molecule has 19 heavy (non-hydrogen) atoms. The van der Waals surface area contributed by atoms with Crippen molar-refractivity contribution in [2.75, 3.05) is 0 Å². The van der Waals surface area contributed by atoms with E-state index in [1.807, 2.05) is 53.7 Å². The highest BCUT2D eigenvalue weighted by Gasteiger charge is 2.03. The number of furan rings is 1. The summed E-state index contributed by atoms with van der Waals surface area (Å²) in [6.45, 7) is 12.0. The van der Waals surface area contributed by atoms with Crippen LogP contribution in [0.3, 0.4) is 0 Å². The summed E-state index contributed by atoms with van der Waals surface area (Å²) >= 11 is 0. The Balaban J connectivity index is 0.000000482. The van der Waals surface area contributed by atoms with Gasteiger partial charge in [0.05, 0.1) is 0 Å². The molecule has 1 aromatic heterocycles. The fourth-order valence-electron chi connectivity index (χ4n) is 1.89. The van der Waals surface area contributed by atoms with Gasteiger partial charge in [0.1, 0.15) is 11.0 Å². The summed E-state index contributed by atoms with van der Waals surface area (Å²) in [5, 5.41) is 2.52. The molecule has 0 aliphatic heterocycles. The Bertz CT molecular complexity index is 561. The van der Waals surface area contributed by atoms with E-state index in [0.717, 1.165) is 23.8 Å². The van der Waals surface area contributed by atoms with E-state index in [4.69, 9.17) is 4.42 Å². The van der Waals surface area contributed by atoms with Gasteiger partial charge in [-0.1, -0.05) is 65.8 Å². The molecule has 0 bridgehead atoms. The highest BCUT2D eigenvalue weighted by atomic mass is 16.3. The molecule has 0 saturated carbocycles. The van der Waals surface area contributed by atoms with Crippen LogP contribution in [0, 0.1) is 0 Å². The molecule has 0 atom stereocenters. The average Bonchev–Trinajstić information content (AvgIpc) is 2.92. The SMILES string of the molecule is C1=c2oc3ccccc3c2=CCC1.CC.CC.CC. The number of para-hydroxylation sites is 1. The molecule has 1 aromatic carbocycles. The fourth-order valence-corrected chi connectivity index (χ4v) is 1.89. The van der Waals surface area contributed by atoms with E-state index in [9.17, 15) is 0 Å². The molecule has 0 fully saturated rings. The van der Waals surface area contributed by atoms with Gasteiger partial charge in [0.2, 0.25) is 0 Å². The lowest BCUT2D eigenvalue weighted by atomic mass is 10.1. The van der Waals surface area contributed by atoms with E-state index in [-0.39, 0.29) is 0 Å². The minimum Gasteiger partial charge on any atom is -0.456 e. The predicted octanol–water partition coefficient (Wildman–Crippen LogP) is 4.87. The lowest BCUT2D eigenvalue weighted by Gasteiger charge is -1.91. The van der Waals surface area contributed by atoms with Gasteiger partial charge in [0.15, 0.2) is 0 Å². The van der Waals surface area contributed by atoms with E-state index >= 15 is 0 Å². The third kappa shape index (κ3) is 4.27. The Morgan fingerprint density at radius 1 is 0.789 bits per heavy atom. The van der Waals surface area contributed by atoms with Gasteiger partial charge >= 0.3 is 0 Å². The van der Waals surface area contributed by atoms with Crippen molar-refractivity contribution in [2.45, 2.75) is 54.4 Å². The van der Waals surface area contributed by atoms with Crippen LogP contribution in [-0.2, 0) is 0 Å². The minimum absolute atomic E-state index is 1.00. The smallest absolute Gasteiger partial charge is 0.135 e. The molecule has 0 saturated heterocycles. The summed E-state index contributed by atoms with van der Waals surface area (Å²) in [6.07, 6.45) is 6.68. The number of fused-ring (bicyclic) bond motifs is 3. The third-order valence-electron chi connectivity index (χ3n) is 2.51. The second-order valence-electron chi connectivity index (χ2n) is 3.36. The van der Waals surface area contributed by atoms with Crippen LogP contribution in [0.4, 0.5) is 0 Å². The minimum atomic E-state index is 1.00. The first kappa shape index (κ1) is 17.5. The van der Waals surface area contributed by atoms with Crippen molar-refractivity contribution in [2.24, 2.45) is 0 Å². The normalized spacial score (nSPS) is 11.1. The van der Waals surface area contributed by atoms with Crippen molar-refractivity contribution in [1.29, 1.82) is 0 Å². The van der Waals surface area contributed by atoms with Crippen LogP contribution < -0.4 is 10.6 Å². The first-order valence-corrected chi connectivity index (χ1v) is 7.63. The third-order valence-corrected chi connectivity index (χ3v) is 2.51. The van der Waals surface area contributed by atoms with Crippen molar-refractivity contribution >= 4 is 23.1 Å². The second kappa shape index (κ2) is 10.4. The summed E-state index contributed by atoms with van der Waals surface area (Å²) in [4.78, 5) is 0. The molecular formula is C18H28O. The molecule has 3 rings (SSSR count). The Kier molecular flexibility index (Phi) is 9.60. The molecule has 0 N–H and O–H groups in total. The zero-order valence-electron chi connectivity index (χ0n) is 13.3. The maximum Gasteiger partial charge on any atom is 0.135 e. The van der Waals surface area contributed by atoms with Crippen molar-refractivity contribution in [3.8, 4) is 0 Å². The van der Waals surface area contributed by atoms with Gasteiger partial charge in [0.25, 0.3) is 0 Å². The van der Waals surface area contributed by atoms with Gasteiger partial charge in [-0.05, 0) is 25.0 Å². The van der Waals surface area contributed by atoms with Crippen LogP contribution in [0.15, 0.2) is 28.7 Å². The van der Waals surface area contributed by atoms with Crippen molar-refractivity contribution in [1.82, 2.24) is 0 Å². The van der Waals surface area contributed by atoms with Gasteiger partial charge in [-0.3, -0.25) is 0 Å². The average molecular weight is 260 g/mol. The van der Waals surface area contributed by atoms with Crippen LogP contribution in [0.1, 0.15) is 54.4 Å². The molecule has 106 valence electrons. The molecule has 0 radical (unpaired) electrons. The van der Waals surface area contributed by atoms with E-state index in [1.54, 1.807) is 0 Å². The van der Waals surface area contributed by atoms with Gasteiger partial charge in [-0.2, -0.15) is 0 Å². The van der Waals surface area contributed by atoms with Gasteiger partial charge < -0.3 is 4.42 Å². The number of hydrogen-bond donors (Lipinski definition) is 0. The standard InChI is InChI=1S/C12H10O.3C2H6/c1-3-7-11-9(5-1)10-6-2-4-8-12(10)13-11;3*1-2/h1,3,5-8H,2,4H2;3*1-2H3. The maximum absolute atomic E-state index is 5.70. The lowest BCUT2D eigenvalue weighted by molar-refractivity contribution is 0.572. The zero-order chi connectivity index (χ0) is 14.7. The highest BCUT2D eigenvalue weighted by Crippen LogP contribution is 2.08. The predicted molar refractivity (Wildman–Crippen MR) is 87.7 cm³/mol. The maximum atomic E-state index is 5.70. The molecule has 2 aromatic rings. The van der Waals surface area contributed by atoms with E-state index in [2.05, 4.69) is 24.3 Å². The fraction of sp³-hybridized carbons (Fsp3) is 0.444. The second-order valence-corrected chi connectivity index (χ2v) is 3.36. The molecule has 1 heteroatoms. The summed E-state index contributed by atoms with van der Waals surface area (Å²) < 4.78 is 5.70. The zero-order valence-corrected chi connectivity index (χ0v) is 13.3. The molecule has 1 heterocycles. The Morgan fingerprint density at radius 2 is 1.37 bits per heavy atom. The number of hydrogen-bond acceptors (Lipinski definition) is 1. The summed E-state index contributed by atoms with van der Waals surface area (Å²) in [6, 6.07) is 8.21. The molecular weight excluding hydrogens is 232 g/mol. The van der Waals surface area contributed by atoms with Crippen molar-refractivity contribution in [3.05, 3.63) is 34.9 Å². The Hall–Kier alpha value is -1.50.